The molecular weight excluding hydrogens is 738 g/mol. The zero-order valence-electron chi connectivity index (χ0n) is 32.7. The molecule has 294 valence electrons. The Morgan fingerprint density at radius 2 is 1.54 bits per heavy atom. The zero-order chi connectivity index (χ0) is 39.6. The van der Waals surface area contributed by atoms with Gasteiger partial charge < -0.3 is 28.7 Å². The molecule has 4 heterocycles. The van der Waals surface area contributed by atoms with E-state index in [0.717, 1.165) is 70.9 Å². The van der Waals surface area contributed by atoms with Gasteiger partial charge in [0.15, 0.2) is 0 Å². The molecule has 10 nitrogen and oxygen atoms in total. The minimum atomic E-state index is -0.504. The van der Waals surface area contributed by atoms with Crippen LogP contribution < -0.4 is 9.64 Å². The molecule has 0 radical (unpaired) electrons. The van der Waals surface area contributed by atoms with Gasteiger partial charge in [0.2, 0.25) is 0 Å². The van der Waals surface area contributed by atoms with Crippen LogP contribution >= 0.6 is 11.6 Å². The van der Waals surface area contributed by atoms with Gasteiger partial charge in [0.1, 0.15) is 12.4 Å². The standard InChI is InChI=1S/C46H48ClN5O5/c1-31-40(44(53)49(3)37-13-15-39(16-14-37)57-30-32-9-5-4-6-10-32)26-43(48(31)2)41-24-34-17-18-51(46(47)55)27-36(34)25-42(41)45(54)52-28-35-12-8-7-11-33(35)23-38(52)29-50-19-21-56-22-20-50/h4-16,24-26,38H,17-23,27-30H2,1-3H3/t38-/m0/s1. The van der Waals surface area contributed by atoms with Gasteiger partial charge in [-0.3, -0.25) is 19.3 Å². The van der Waals surface area contributed by atoms with Gasteiger partial charge in [-0.25, -0.2) is 0 Å². The molecule has 0 saturated carbocycles. The number of morpholine rings is 1. The first-order valence-corrected chi connectivity index (χ1v) is 20.0. The first-order valence-electron chi connectivity index (χ1n) is 19.6. The van der Waals surface area contributed by atoms with Gasteiger partial charge in [-0.15, -0.1) is 0 Å². The second-order valence-corrected chi connectivity index (χ2v) is 15.6. The average molecular weight is 786 g/mol. The van der Waals surface area contributed by atoms with Crippen molar-refractivity contribution in [2.45, 2.75) is 45.5 Å². The van der Waals surface area contributed by atoms with Crippen molar-refractivity contribution in [3.63, 3.8) is 0 Å². The first-order chi connectivity index (χ1) is 27.6. The van der Waals surface area contributed by atoms with E-state index >= 15 is 4.79 Å². The first kappa shape index (κ1) is 38.5. The minimum absolute atomic E-state index is 0.0497. The SMILES string of the molecule is Cc1c(C(=O)N(C)c2ccc(OCc3ccccc3)cc2)cc(-c2cc3c(cc2C(=O)N2Cc4ccccc4C[C@H]2CN2CCOCC2)CN(C(=O)Cl)CC3)n1C. The topological polar surface area (TPSA) is 87.6 Å². The van der Waals surface area contributed by atoms with E-state index in [-0.39, 0.29) is 17.9 Å². The third-order valence-corrected chi connectivity index (χ3v) is 12.1. The number of benzene rings is 4. The van der Waals surface area contributed by atoms with Crippen molar-refractivity contribution in [2.75, 3.05) is 51.3 Å². The van der Waals surface area contributed by atoms with Crippen molar-refractivity contribution >= 4 is 34.5 Å². The molecule has 1 fully saturated rings. The Bertz CT molecular complexity index is 2280. The van der Waals surface area contributed by atoms with E-state index in [0.29, 0.717) is 62.8 Å². The lowest BCUT2D eigenvalue weighted by atomic mass is 9.89. The number of fused-ring (bicyclic) bond motifs is 2. The summed E-state index contributed by atoms with van der Waals surface area (Å²) in [5.74, 6) is 0.482. The van der Waals surface area contributed by atoms with Crippen LogP contribution in [0.4, 0.5) is 10.5 Å². The number of anilines is 1. The summed E-state index contributed by atoms with van der Waals surface area (Å²) >= 11 is 5.97. The van der Waals surface area contributed by atoms with Gasteiger partial charge in [-0.1, -0.05) is 54.6 Å². The molecule has 0 N–H and O–H groups in total. The Hall–Kier alpha value is -5.42. The van der Waals surface area contributed by atoms with Crippen molar-refractivity contribution in [2.24, 2.45) is 7.05 Å². The largest absolute Gasteiger partial charge is 0.489 e. The van der Waals surface area contributed by atoms with E-state index in [9.17, 15) is 9.59 Å². The van der Waals surface area contributed by atoms with Crippen LogP contribution in [0.2, 0.25) is 0 Å². The normalized spacial score (nSPS) is 16.8. The van der Waals surface area contributed by atoms with Gasteiger partial charge in [0.05, 0.1) is 18.8 Å². The van der Waals surface area contributed by atoms with E-state index in [1.54, 1.807) is 16.8 Å². The molecule has 0 spiro atoms. The van der Waals surface area contributed by atoms with E-state index in [1.807, 2.05) is 96.2 Å². The third-order valence-electron chi connectivity index (χ3n) is 11.8. The van der Waals surface area contributed by atoms with Crippen LogP contribution in [-0.4, -0.2) is 88.9 Å². The fourth-order valence-electron chi connectivity index (χ4n) is 8.35. The molecule has 57 heavy (non-hydrogen) atoms. The lowest BCUT2D eigenvalue weighted by molar-refractivity contribution is 0.0193. The Labute approximate surface area is 339 Å². The molecular formula is C46H48ClN5O5. The van der Waals surface area contributed by atoms with Crippen molar-refractivity contribution in [3.8, 4) is 17.0 Å². The Morgan fingerprint density at radius 3 is 2.28 bits per heavy atom. The van der Waals surface area contributed by atoms with Crippen molar-refractivity contribution in [1.82, 2.24) is 19.3 Å². The molecule has 11 heteroatoms. The van der Waals surface area contributed by atoms with Crippen LogP contribution in [0.5, 0.6) is 5.75 Å². The van der Waals surface area contributed by atoms with Crippen molar-refractivity contribution < 1.29 is 23.9 Å². The van der Waals surface area contributed by atoms with E-state index in [1.165, 1.54) is 5.56 Å². The summed E-state index contributed by atoms with van der Waals surface area (Å²) in [5, 5.41) is -0.504. The second kappa shape index (κ2) is 16.6. The Balaban J connectivity index is 1.12. The van der Waals surface area contributed by atoms with Crippen molar-refractivity contribution in [3.05, 3.63) is 142 Å². The van der Waals surface area contributed by atoms with Gasteiger partial charge in [-0.2, -0.15) is 0 Å². The highest BCUT2D eigenvalue weighted by Crippen LogP contribution is 2.36. The average Bonchev–Trinajstić information content (AvgIpc) is 3.54. The molecule has 1 aromatic heterocycles. The van der Waals surface area contributed by atoms with Gasteiger partial charge in [-0.05, 0) is 102 Å². The summed E-state index contributed by atoms with van der Waals surface area (Å²) in [5.41, 5.74) is 9.60. The van der Waals surface area contributed by atoms with E-state index < -0.39 is 5.37 Å². The summed E-state index contributed by atoms with van der Waals surface area (Å²) < 4.78 is 13.6. The number of rotatable bonds is 9. The van der Waals surface area contributed by atoms with E-state index in [2.05, 4.69) is 29.2 Å². The monoisotopic (exact) mass is 785 g/mol. The van der Waals surface area contributed by atoms with E-state index in [4.69, 9.17) is 21.1 Å². The third kappa shape index (κ3) is 8.08. The highest BCUT2D eigenvalue weighted by molar-refractivity contribution is 6.62. The number of carbonyl (C=O) groups is 3. The molecule has 3 aliphatic rings. The van der Waals surface area contributed by atoms with Crippen LogP contribution in [0, 0.1) is 6.92 Å². The number of hydrogen-bond donors (Lipinski definition) is 0. The lowest BCUT2D eigenvalue weighted by Crippen LogP contribution is -2.52. The smallest absolute Gasteiger partial charge is 0.316 e. The van der Waals surface area contributed by atoms with Crippen LogP contribution in [0.1, 0.15) is 54.2 Å². The highest BCUT2D eigenvalue weighted by atomic mass is 35.5. The molecule has 0 unspecified atom stereocenters. The van der Waals surface area contributed by atoms with Crippen LogP contribution in [-0.2, 0) is 44.3 Å². The predicted octanol–water partition coefficient (Wildman–Crippen LogP) is 7.47. The number of ether oxygens (including phenoxy) is 2. The lowest BCUT2D eigenvalue weighted by Gasteiger charge is -2.41. The maximum absolute atomic E-state index is 15.2. The Kier molecular flexibility index (Phi) is 11.2. The van der Waals surface area contributed by atoms with Crippen LogP contribution in [0.25, 0.3) is 11.3 Å². The second-order valence-electron chi connectivity index (χ2n) is 15.3. The summed E-state index contributed by atoms with van der Waals surface area (Å²) in [7, 11) is 3.72. The van der Waals surface area contributed by atoms with Gasteiger partial charge in [0, 0.05) is 87.6 Å². The number of nitrogens with zero attached hydrogens (tertiary/aromatic N) is 5. The van der Waals surface area contributed by atoms with Crippen LogP contribution in [0.3, 0.4) is 0 Å². The summed E-state index contributed by atoms with van der Waals surface area (Å²) in [6.07, 6.45) is 1.36. The number of carbonyl (C=O) groups excluding carboxylic acids is 3. The number of halogens is 1. The summed E-state index contributed by atoms with van der Waals surface area (Å²) in [4.78, 5) is 49.4. The van der Waals surface area contributed by atoms with Crippen LogP contribution in [0.15, 0.2) is 97.1 Å². The predicted molar refractivity (Wildman–Crippen MR) is 222 cm³/mol. The fourth-order valence-corrected chi connectivity index (χ4v) is 8.50. The van der Waals surface area contributed by atoms with Gasteiger partial charge in [0.25, 0.3) is 11.8 Å². The molecule has 4 aromatic carbocycles. The highest BCUT2D eigenvalue weighted by Gasteiger charge is 2.35. The maximum atomic E-state index is 15.2. The van der Waals surface area contributed by atoms with Gasteiger partial charge >= 0.3 is 5.37 Å². The Morgan fingerprint density at radius 1 is 0.825 bits per heavy atom. The molecule has 3 amide bonds. The molecule has 1 atom stereocenters. The molecule has 8 rings (SSSR count). The quantitative estimate of drug-likeness (QED) is 0.114. The molecule has 1 saturated heterocycles. The minimum Gasteiger partial charge on any atom is -0.489 e. The zero-order valence-corrected chi connectivity index (χ0v) is 33.5. The molecule has 5 aromatic rings. The number of aromatic nitrogens is 1. The maximum Gasteiger partial charge on any atom is 0.316 e. The number of amides is 3. The van der Waals surface area contributed by atoms with Crippen molar-refractivity contribution in [1.29, 1.82) is 0 Å². The summed E-state index contributed by atoms with van der Waals surface area (Å²) in [6, 6.07) is 31.8. The molecule has 0 bridgehead atoms. The summed E-state index contributed by atoms with van der Waals surface area (Å²) in [6.45, 7) is 7.46. The molecule has 3 aliphatic heterocycles. The number of hydrogen-bond acceptors (Lipinski definition) is 6. The molecule has 0 aliphatic carbocycles. The fraction of sp³-hybridized carbons (Fsp3) is 0.326.